The quantitative estimate of drug-likeness (QED) is 0.889. The minimum Gasteiger partial charge on any atom is -0.349 e. The van der Waals surface area contributed by atoms with Crippen LogP contribution in [0.1, 0.15) is 43.4 Å². The van der Waals surface area contributed by atoms with Gasteiger partial charge in [-0.05, 0) is 32.9 Å². The molecule has 0 aliphatic carbocycles. The van der Waals surface area contributed by atoms with Crippen molar-refractivity contribution in [1.29, 1.82) is 0 Å². The van der Waals surface area contributed by atoms with Crippen molar-refractivity contribution in [3.05, 3.63) is 35.4 Å². The standard InChI is InChI=1S/C14H19F2N5O/c1-4-20-6-5-11(18-20)8-17-14(22)10(3)21-9(2)7-12(19-21)13(15)16/h5-7,10,13H,4,8H2,1-3H3,(H,17,22). The number of halogens is 2. The number of rotatable bonds is 6. The van der Waals surface area contributed by atoms with Crippen LogP contribution < -0.4 is 5.32 Å². The third-order valence-electron chi connectivity index (χ3n) is 3.37. The van der Waals surface area contributed by atoms with E-state index in [0.717, 1.165) is 12.2 Å². The van der Waals surface area contributed by atoms with Crippen molar-refractivity contribution in [2.24, 2.45) is 0 Å². The Bertz CT molecular complexity index is 649. The Hall–Kier alpha value is -2.25. The van der Waals surface area contributed by atoms with Gasteiger partial charge in [0.15, 0.2) is 0 Å². The molecule has 1 unspecified atom stereocenters. The van der Waals surface area contributed by atoms with E-state index in [1.54, 1.807) is 18.5 Å². The molecular weight excluding hydrogens is 292 g/mol. The second-order valence-electron chi connectivity index (χ2n) is 5.01. The first-order valence-electron chi connectivity index (χ1n) is 7.06. The van der Waals surface area contributed by atoms with E-state index < -0.39 is 12.5 Å². The van der Waals surface area contributed by atoms with E-state index in [-0.39, 0.29) is 18.1 Å². The smallest absolute Gasteiger partial charge is 0.282 e. The van der Waals surface area contributed by atoms with Gasteiger partial charge < -0.3 is 5.32 Å². The van der Waals surface area contributed by atoms with E-state index in [2.05, 4.69) is 15.5 Å². The fourth-order valence-corrected chi connectivity index (χ4v) is 2.12. The van der Waals surface area contributed by atoms with Crippen molar-refractivity contribution >= 4 is 5.91 Å². The zero-order valence-electron chi connectivity index (χ0n) is 12.8. The van der Waals surface area contributed by atoms with Crippen LogP contribution in [0.3, 0.4) is 0 Å². The lowest BCUT2D eigenvalue weighted by Crippen LogP contribution is -2.31. The molecule has 2 heterocycles. The first kappa shape index (κ1) is 16.1. The van der Waals surface area contributed by atoms with Crippen LogP contribution in [0.25, 0.3) is 0 Å². The highest BCUT2D eigenvalue weighted by Crippen LogP contribution is 2.20. The normalized spacial score (nSPS) is 12.6. The fourth-order valence-electron chi connectivity index (χ4n) is 2.12. The molecule has 0 spiro atoms. The third kappa shape index (κ3) is 3.49. The lowest BCUT2D eigenvalue weighted by atomic mass is 10.3. The van der Waals surface area contributed by atoms with E-state index in [0.29, 0.717) is 5.69 Å². The van der Waals surface area contributed by atoms with Crippen molar-refractivity contribution in [2.45, 2.75) is 46.3 Å². The second kappa shape index (κ2) is 6.67. The topological polar surface area (TPSA) is 64.7 Å². The number of amides is 1. The van der Waals surface area contributed by atoms with Gasteiger partial charge in [-0.2, -0.15) is 10.2 Å². The molecule has 1 N–H and O–H groups in total. The van der Waals surface area contributed by atoms with Gasteiger partial charge in [0, 0.05) is 18.4 Å². The summed E-state index contributed by atoms with van der Waals surface area (Å²) in [5, 5.41) is 10.8. The average molecular weight is 311 g/mol. The summed E-state index contributed by atoms with van der Waals surface area (Å²) in [5.74, 6) is -0.293. The minimum atomic E-state index is -2.65. The SMILES string of the molecule is CCn1ccc(CNC(=O)C(C)n2nc(C(F)F)cc2C)n1. The van der Waals surface area contributed by atoms with Gasteiger partial charge in [-0.25, -0.2) is 8.78 Å². The summed E-state index contributed by atoms with van der Waals surface area (Å²) in [6, 6.07) is 2.45. The zero-order valence-corrected chi connectivity index (χ0v) is 12.8. The van der Waals surface area contributed by atoms with Gasteiger partial charge in [0.2, 0.25) is 5.91 Å². The maximum Gasteiger partial charge on any atom is 0.282 e. The molecule has 0 saturated heterocycles. The van der Waals surface area contributed by atoms with Gasteiger partial charge in [-0.1, -0.05) is 0 Å². The highest BCUT2D eigenvalue weighted by atomic mass is 19.3. The highest BCUT2D eigenvalue weighted by molar-refractivity contribution is 5.79. The van der Waals surface area contributed by atoms with E-state index >= 15 is 0 Å². The maximum atomic E-state index is 12.6. The van der Waals surface area contributed by atoms with E-state index in [4.69, 9.17) is 0 Å². The Morgan fingerprint density at radius 3 is 2.68 bits per heavy atom. The van der Waals surface area contributed by atoms with Crippen molar-refractivity contribution in [1.82, 2.24) is 24.9 Å². The van der Waals surface area contributed by atoms with Gasteiger partial charge in [0.05, 0.1) is 12.2 Å². The Balaban J connectivity index is 1.99. The molecule has 0 aliphatic rings. The summed E-state index contributed by atoms with van der Waals surface area (Å²) in [7, 11) is 0. The summed E-state index contributed by atoms with van der Waals surface area (Å²) in [5.41, 5.74) is 0.944. The molecule has 0 saturated carbocycles. The lowest BCUT2D eigenvalue weighted by Gasteiger charge is -2.14. The number of aryl methyl sites for hydroxylation is 2. The van der Waals surface area contributed by atoms with Crippen molar-refractivity contribution in [2.75, 3.05) is 0 Å². The van der Waals surface area contributed by atoms with Gasteiger partial charge in [-0.15, -0.1) is 0 Å². The fraction of sp³-hybridized carbons (Fsp3) is 0.500. The third-order valence-corrected chi connectivity index (χ3v) is 3.37. The predicted octanol–water partition coefficient (Wildman–Crippen LogP) is 2.22. The number of alkyl halides is 2. The molecule has 22 heavy (non-hydrogen) atoms. The average Bonchev–Trinajstić information content (AvgIpc) is 3.10. The summed E-state index contributed by atoms with van der Waals surface area (Å²) in [6.45, 7) is 6.28. The molecule has 0 fully saturated rings. The van der Waals surface area contributed by atoms with E-state index in [9.17, 15) is 13.6 Å². The molecule has 1 atom stereocenters. The van der Waals surface area contributed by atoms with Crippen LogP contribution in [-0.2, 0) is 17.9 Å². The minimum absolute atomic E-state index is 0.290. The first-order chi connectivity index (χ1) is 10.4. The second-order valence-corrected chi connectivity index (χ2v) is 5.01. The van der Waals surface area contributed by atoms with Crippen molar-refractivity contribution in [3.63, 3.8) is 0 Å². The van der Waals surface area contributed by atoms with Crippen LogP contribution in [0.2, 0.25) is 0 Å². The van der Waals surface area contributed by atoms with Crippen LogP contribution in [0, 0.1) is 6.92 Å². The van der Waals surface area contributed by atoms with Gasteiger partial charge in [-0.3, -0.25) is 14.2 Å². The summed E-state index contributed by atoms with van der Waals surface area (Å²) in [4.78, 5) is 12.1. The molecule has 2 rings (SSSR count). The maximum absolute atomic E-state index is 12.6. The Morgan fingerprint density at radius 2 is 2.14 bits per heavy atom. The summed E-state index contributed by atoms with van der Waals surface area (Å²) >= 11 is 0. The Morgan fingerprint density at radius 1 is 1.41 bits per heavy atom. The zero-order chi connectivity index (χ0) is 16.3. The van der Waals surface area contributed by atoms with Gasteiger partial charge in [0.25, 0.3) is 6.43 Å². The Labute approximate surface area is 127 Å². The number of hydrogen-bond donors (Lipinski definition) is 1. The van der Waals surface area contributed by atoms with Crippen LogP contribution in [-0.4, -0.2) is 25.5 Å². The summed E-state index contributed by atoms with van der Waals surface area (Å²) < 4.78 is 28.4. The number of carbonyl (C=O) groups excluding carboxylic acids is 1. The predicted molar refractivity (Wildman–Crippen MR) is 76.4 cm³/mol. The van der Waals surface area contributed by atoms with Crippen molar-refractivity contribution in [3.8, 4) is 0 Å². The number of nitrogens with zero attached hydrogens (tertiary/aromatic N) is 4. The molecule has 120 valence electrons. The molecule has 0 aromatic carbocycles. The summed E-state index contributed by atoms with van der Waals surface area (Å²) in [6.07, 6.45) is -0.814. The molecule has 6 nitrogen and oxygen atoms in total. The van der Waals surface area contributed by atoms with Crippen LogP contribution >= 0.6 is 0 Å². The van der Waals surface area contributed by atoms with Crippen molar-refractivity contribution < 1.29 is 13.6 Å². The first-order valence-corrected chi connectivity index (χ1v) is 7.06. The van der Waals surface area contributed by atoms with E-state index in [1.165, 1.54) is 10.7 Å². The molecule has 8 heteroatoms. The number of carbonyl (C=O) groups is 1. The number of nitrogens with one attached hydrogen (secondary N) is 1. The monoisotopic (exact) mass is 311 g/mol. The number of hydrogen-bond acceptors (Lipinski definition) is 3. The number of aromatic nitrogens is 4. The molecule has 2 aromatic heterocycles. The largest absolute Gasteiger partial charge is 0.349 e. The molecule has 1 amide bonds. The molecular formula is C14H19F2N5O. The van der Waals surface area contributed by atoms with E-state index in [1.807, 2.05) is 19.2 Å². The lowest BCUT2D eigenvalue weighted by molar-refractivity contribution is -0.124. The Kier molecular flexibility index (Phi) is 4.89. The van der Waals surface area contributed by atoms with Gasteiger partial charge in [0.1, 0.15) is 11.7 Å². The molecule has 0 bridgehead atoms. The van der Waals surface area contributed by atoms with Crippen LogP contribution in [0.5, 0.6) is 0 Å². The molecule has 0 radical (unpaired) electrons. The molecule has 2 aromatic rings. The molecule has 0 aliphatic heterocycles. The highest BCUT2D eigenvalue weighted by Gasteiger charge is 2.21. The van der Waals surface area contributed by atoms with Crippen LogP contribution in [0.15, 0.2) is 18.3 Å². The van der Waals surface area contributed by atoms with Crippen LogP contribution in [0.4, 0.5) is 8.78 Å². The van der Waals surface area contributed by atoms with Gasteiger partial charge >= 0.3 is 0 Å².